The maximum atomic E-state index is 5.49. The van der Waals surface area contributed by atoms with Crippen molar-refractivity contribution in [1.29, 1.82) is 0 Å². The predicted molar refractivity (Wildman–Crippen MR) is 90.9 cm³/mol. The van der Waals surface area contributed by atoms with Gasteiger partial charge in [-0.15, -0.1) is 0 Å². The zero-order valence-corrected chi connectivity index (χ0v) is 13.8. The van der Waals surface area contributed by atoms with Gasteiger partial charge in [0.15, 0.2) is 0 Å². The Morgan fingerprint density at radius 2 is 1.60 bits per heavy atom. The minimum absolute atomic E-state index is 0.864. The van der Waals surface area contributed by atoms with Crippen LogP contribution in [0.2, 0.25) is 0 Å². The van der Waals surface area contributed by atoms with E-state index in [0.717, 1.165) is 18.4 Å². The smallest absolute Gasteiger partial charge is 0.00773 e. The zero-order valence-electron chi connectivity index (χ0n) is 13.8. The van der Waals surface area contributed by atoms with E-state index >= 15 is 0 Å². The van der Waals surface area contributed by atoms with Gasteiger partial charge in [-0.3, -0.25) is 0 Å². The summed E-state index contributed by atoms with van der Waals surface area (Å²) in [6, 6.07) is 0. The Hall–Kier alpha value is -0.300. The van der Waals surface area contributed by atoms with Crippen LogP contribution in [0.15, 0.2) is 12.2 Å². The highest BCUT2D eigenvalue weighted by molar-refractivity contribution is 4.93. The Kier molecular flexibility index (Phi) is 11.0. The number of unbranched alkanes of at least 4 members (excludes halogenated alkanes) is 8. The molecule has 118 valence electrons. The van der Waals surface area contributed by atoms with E-state index in [-0.39, 0.29) is 0 Å². The Bertz CT molecular complexity index is 234. The van der Waals surface area contributed by atoms with E-state index in [0.29, 0.717) is 0 Å². The first-order chi connectivity index (χ1) is 9.88. The SMILES string of the molecule is CCCCCC1CC1C/C=C\CCCCCCCCN. The highest BCUT2D eigenvalue weighted by atomic mass is 14.5. The van der Waals surface area contributed by atoms with Crippen molar-refractivity contribution in [3.63, 3.8) is 0 Å². The minimum atomic E-state index is 0.864. The first kappa shape index (κ1) is 17.8. The second-order valence-electron chi connectivity index (χ2n) is 6.66. The van der Waals surface area contributed by atoms with Gasteiger partial charge in [0.1, 0.15) is 0 Å². The lowest BCUT2D eigenvalue weighted by atomic mass is 10.1. The third-order valence-electron chi connectivity index (χ3n) is 4.68. The second kappa shape index (κ2) is 12.4. The van der Waals surface area contributed by atoms with E-state index in [4.69, 9.17) is 5.73 Å². The van der Waals surface area contributed by atoms with Crippen molar-refractivity contribution in [3.8, 4) is 0 Å². The largest absolute Gasteiger partial charge is 0.330 e. The van der Waals surface area contributed by atoms with Crippen LogP contribution in [0.4, 0.5) is 0 Å². The van der Waals surface area contributed by atoms with Gasteiger partial charge in [-0.05, 0) is 50.5 Å². The van der Waals surface area contributed by atoms with Crippen molar-refractivity contribution < 1.29 is 0 Å². The van der Waals surface area contributed by atoms with E-state index in [1.807, 2.05) is 0 Å². The van der Waals surface area contributed by atoms with Gasteiger partial charge >= 0.3 is 0 Å². The molecule has 2 atom stereocenters. The topological polar surface area (TPSA) is 26.0 Å². The average Bonchev–Trinajstić information content (AvgIpc) is 3.20. The van der Waals surface area contributed by atoms with Crippen LogP contribution < -0.4 is 5.73 Å². The molecule has 0 aromatic rings. The number of rotatable bonds is 14. The van der Waals surface area contributed by atoms with Gasteiger partial charge in [0, 0.05) is 0 Å². The van der Waals surface area contributed by atoms with Crippen LogP contribution in [-0.4, -0.2) is 6.54 Å². The molecule has 0 aromatic carbocycles. The van der Waals surface area contributed by atoms with Crippen molar-refractivity contribution in [2.24, 2.45) is 17.6 Å². The van der Waals surface area contributed by atoms with Gasteiger partial charge in [0.2, 0.25) is 0 Å². The van der Waals surface area contributed by atoms with Crippen molar-refractivity contribution in [3.05, 3.63) is 12.2 Å². The fourth-order valence-electron chi connectivity index (χ4n) is 3.11. The lowest BCUT2D eigenvalue weighted by molar-refractivity contribution is 0.582. The molecule has 0 aliphatic heterocycles. The summed E-state index contributed by atoms with van der Waals surface area (Å²) in [4.78, 5) is 0. The molecule has 1 aliphatic carbocycles. The summed E-state index contributed by atoms with van der Waals surface area (Å²) in [5.74, 6) is 2.12. The first-order valence-corrected chi connectivity index (χ1v) is 9.23. The molecule has 1 heteroatoms. The van der Waals surface area contributed by atoms with Gasteiger partial charge in [0.25, 0.3) is 0 Å². The van der Waals surface area contributed by atoms with Crippen molar-refractivity contribution >= 4 is 0 Å². The van der Waals surface area contributed by atoms with Gasteiger partial charge in [-0.1, -0.05) is 70.4 Å². The zero-order chi connectivity index (χ0) is 14.5. The molecule has 0 heterocycles. The Morgan fingerprint density at radius 3 is 2.35 bits per heavy atom. The Balaban J connectivity index is 1.79. The van der Waals surface area contributed by atoms with Crippen LogP contribution >= 0.6 is 0 Å². The fourth-order valence-corrected chi connectivity index (χ4v) is 3.11. The number of hydrogen-bond acceptors (Lipinski definition) is 1. The molecule has 0 aromatic heterocycles. The summed E-state index contributed by atoms with van der Waals surface area (Å²) in [5.41, 5.74) is 5.49. The van der Waals surface area contributed by atoms with Gasteiger partial charge in [0.05, 0.1) is 0 Å². The number of nitrogens with two attached hydrogens (primary N) is 1. The molecule has 2 unspecified atom stereocenters. The molecule has 1 fully saturated rings. The second-order valence-corrected chi connectivity index (χ2v) is 6.66. The molecule has 1 rings (SSSR count). The van der Waals surface area contributed by atoms with Crippen molar-refractivity contribution in [2.75, 3.05) is 6.54 Å². The van der Waals surface area contributed by atoms with Crippen LogP contribution in [0.25, 0.3) is 0 Å². The molecule has 2 N–H and O–H groups in total. The molecule has 0 radical (unpaired) electrons. The molecule has 0 amide bonds. The standard InChI is InChI=1S/C19H37N/c1-2-3-11-14-18-17-19(18)15-12-9-7-5-4-6-8-10-13-16-20/h9,12,18-19H,2-8,10-11,13-17,20H2,1H3/b12-9-. The monoisotopic (exact) mass is 279 g/mol. The summed E-state index contributed by atoms with van der Waals surface area (Å²) in [6.45, 7) is 3.16. The van der Waals surface area contributed by atoms with E-state index in [2.05, 4.69) is 19.1 Å². The van der Waals surface area contributed by atoms with Crippen molar-refractivity contribution in [2.45, 2.75) is 90.4 Å². The summed E-state index contributed by atoms with van der Waals surface area (Å²) in [6.07, 6.45) is 22.9. The lowest BCUT2D eigenvalue weighted by Crippen LogP contribution is -1.97. The lowest BCUT2D eigenvalue weighted by Gasteiger charge is -1.99. The van der Waals surface area contributed by atoms with E-state index in [1.54, 1.807) is 0 Å². The van der Waals surface area contributed by atoms with Crippen LogP contribution in [0.5, 0.6) is 0 Å². The van der Waals surface area contributed by atoms with Gasteiger partial charge < -0.3 is 5.73 Å². The highest BCUT2D eigenvalue weighted by Crippen LogP contribution is 2.44. The maximum Gasteiger partial charge on any atom is -0.00773 e. The molecule has 0 spiro atoms. The summed E-state index contributed by atoms with van der Waals surface area (Å²) in [7, 11) is 0. The quantitative estimate of drug-likeness (QED) is 0.314. The first-order valence-electron chi connectivity index (χ1n) is 9.23. The summed E-state index contributed by atoms with van der Waals surface area (Å²) >= 11 is 0. The maximum absolute atomic E-state index is 5.49. The normalized spacial score (nSPS) is 21.7. The number of allylic oxidation sites excluding steroid dienone is 2. The molecular formula is C19H37N. The molecule has 0 bridgehead atoms. The Labute approximate surface area is 127 Å². The van der Waals surface area contributed by atoms with Crippen molar-refractivity contribution in [1.82, 2.24) is 0 Å². The predicted octanol–water partition coefficient (Wildman–Crippen LogP) is 5.84. The van der Waals surface area contributed by atoms with Crippen LogP contribution in [0.3, 0.4) is 0 Å². The van der Waals surface area contributed by atoms with Gasteiger partial charge in [-0.2, -0.15) is 0 Å². The summed E-state index contributed by atoms with van der Waals surface area (Å²) in [5, 5.41) is 0. The average molecular weight is 280 g/mol. The molecular weight excluding hydrogens is 242 g/mol. The van der Waals surface area contributed by atoms with Crippen LogP contribution in [0, 0.1) is 11.8 Å². The molecule has 1 saturated carbocycles. The summed E-state index contributed by atoms with van der Waals surface area (Å²) < 4.78 is 0. The molecule has 0 saturated heterocycles. The minimum Gasteiger partial charge on any atom is -0.330 e. The third-order valence-corrected chi connectivity index (χ3v) is 4.68. The molecule has 20 heavy (non-hydrogen) atoms. The van der Waals surface area contributed by atoms with E-state index in [1.165, 1.54) is 83.5 Å². The Morgan fingerprint density at radius 1 is 0.850 bits per heavy atom. The fraction of sp³-hybridized carbons (Fsp3) is 0.895. The third kappa shape index (κ3) is 9.58. The van der Waals surface area contributed by atoms with Crippen LogP contribution in [-0.2, 0) is 0 Å². The molecule has 1 nitrogen and oxygen atoms in total. The van der Waals surface area contributed by atoms with Crippen LogP contribution in [0.1, 0.15) is 90.4 Å². The highest BCUT2D eigenvalue weighted by Gasteiger charge is 2.34. The number of hydrogen-bond donors (Lipinski definition) is 1. The van der Waals surface area contributed by atoms with E-state index in [9.17, 15) is 0 Å². The van der Waals surface area contributed by atoms with Gasteiger partial charge in [-0.25, -0.2) is 0 Å². The molecule has 1 aliphatic rings. The van der Waals surface area contributed by atoms with E-state index < -0.39 is 0 Å².